The fourth-order valence-corrected chi connectivity index (χ4v) is 3.06. The highest BCUT2D eigenvalue weighted by Gasteiger charge is 2.54. The van der Waals surface area contributed by atoms with Crippen LogP contribution in [0.4, 0.5) is 0 Å². The molecule has 1 aliphatic carbocycles. The maximum Gasteiger partial charge on any atom is 0.143 e. The Hall–Kier alpha value is -1.86. The number of hydrogen-bond acceptors (Lipinski definition) is 1. The van der Waals surface area contributed by atoms with Crippen molar-refractivity contribution in [2.45, 2.75) is 24.5 Å². The fraction of sp³-hybridized carbons (Fsp3) is 0.222. The van der Waals surface area contributed by atoms with Crippen LogP contribution in [0.15, 0.2) is 72.3 Å². The van der Waals surface area contributed by atoms with E-state index in [4.69, 9.17) is 7.48 Å². The Kier molecular flexibility index (Phi) is 1.95. The smallest absolute Gasteiger partial charge is 0.143 e. The molecular weight excluding hydrogens is 232 g/mol. The van der Waals surface area contributed by atoms with Gasteiger partial charge in [0.05, 0.1) is 6.10 Å². The zero-order chi connectivity index (χ0) is 14.4. The fourth-order valence-electron chi connectivity index (χ4n) is 3.06. The van der Waals surface area contributed by atoms with Gasteiger partial charge in [-0.2, -0.15) is 0 Å². The monoisotopic (exact) mass is 250 g/mol. The van der Waals surface area contributed by atoms with Crippen LogP contribution in [0.25, 0.3) is 0 Å². The summed E-state index contributed by atoms with van der Waals surface area (Å²) in [5.41, 5.74) is 2.60. The van der Waals surface area contributed by atoms with Gasteiger partial charge in [0.25, 0.3) is 0 Å². The zero-order valence-electron chi connectivity index (χ0n) is 12.5. The van der Waals surface area contributed by atoms with Crippen molar-refractivity contribution in [1.82, 2.24) is 0 Å². The van der Waals surface area contributed by atoms with Crippen LogP contribution in [-0.2, 0) is 10.3 Å². The molecule has 94 valence electrons. The number of allylic oxidation sites excluding steroid dienone is 1. The molecule has 2 aromatic carbocycles. The standard InChI is InChI=1S/C18H16O/c1-3-8-14(9-4-1)18(15-10-5-2-6-11-15)16-12-7-13-17(16)19-18/h1-6,8-12,17H,7,13H2/t17-/m0/s1/i7D,13D/t7-,13-,17-. The minimum atomic E-state index is -0.609. The maximum atomic E-state index is 8.06. The van der Waals surface area contributed by atoms with Crippen molar-refractivity contribution in [3.8, 4) is 0 Å². The van der Waals surface area contributed by atoms with E-state index in [9.17, 15) is 0 Å². The summed E-state index contributed by atoms with van der Waals surface area (Å²) in [7, 11) is 0. The normalized spacial score (nSPS) is 32.6. The molecule has 0 N–H and O–H groups in total. The second kappa shape index (κ2) is 4.07. The molecule has 0 saturated carbocycles. The Morgan fingerprint density at radius 1 is 0.947 bits per heavy atom. The predicted octanol–water partition coefficient (Wildman–Crippen LogP) is 4.05. The average Bonchev–Trinajstić information content (AvgIpc) is 2.75. The molecule has 1 fully saturated rings. The largest absolute Gasteiger partial charge is 0.353 e. The molecule has 0 aromatic heterocycles. The number of ether oxygens (including phenoxy) is 1. The molecule has 4 rings (SSSR count). The van der Waals surface area contributed by atoms with Crippen LogP contribution in [0.2, 0.25) is 0 Å². The van der Waals surface area contributed by atoms with E-state index in [0.717, 1.165) is 16.7 Å². The third-order valence-electron chi connectivity index (χ3n) is 3.94. The summed E-state index contributed by atoms with van der Waals surface area (Å²) in [6.07, 6.45) is 0.652. The van der Waals surface area contributed by atoms with Crippen LogP contribution in [0, 0.1) is 0 Å². The van der Waals surface area contributed by atoms with Crippen LogP contribution >= 0.6 is 0 Å². The first-order valence-electron chi connectivity index (χ1n) is 7.74. The van der Waals surface area contributed by atoms with Crippen LogP contribution in [0.5, 0.6) is 0 Å². The summed E-state index contributed by atoms with van der Waals surface area (Å²) >= 11 is 0. The van der Waals surface area contributed by atoms with E-state index in [-0.39, 0.29) is 6.10 Å². The van der Waals surface area contributed by atoms with Crippen LogP contribution in [0.1, 0.15) is 26.7 Å². The summed E-state index contributed by atoms with van der Waals surface area (Å²) in [5, 5.41) is 0. The first kappa shape index (κ1) is 9.11. The lowest BCUT2D eigenvalue weighted by molar-refractivity contribution is -0.116. The Bertz CT molecular complexity index is 641. The molecular formula is C18H16O. The van der Waals surface area contributed by atoms with Crippen LogP contribution < -0.4 is 0 Å². The molecule has 0 bridgehead atoms. The van der Waals surface area contributed by atoms with Crippen molar-refractivity contribution < 1.29 is 7.48 Å². The predicted molar refractivity (Wildman–Crippen MR) is 75.9 cm³/mol. The van der Waals surface area contributed by atoms with Crippen molar-refractivity contribution in [2.24, 2.45) is 0 Å². The summed E-state index contributed by atoms with van der Waals surface area (Å²) < 4.78 is 22.3. The Morgan fingerprint density at radius 2 is 1.53 bits per heavy atom. The number of rotatable bonds is 2. The van der Waals surface area contributed by atoms with Gasteiger partial charge >= 0.3 is 0 Å². The molecule has 3 atom stereocenters. The van der Waals surface area contributed by atoms with Gasteiger partial charge in [-0.3, -0.25) is 0 Å². The molecule has 0 radical (unpaired) electrons. The summed E-state index contributed by atoms with van der Waals surface area (Å²) in [6, 6.07) is 20.2. The molecule has 2 aromatic rings. The summed E-state index contributed by atoms with van der Waals surface area (Å²) in [6.45, 7) is 0. The lowest BCUT2D eigenvalue weighted by Gasteiger charge is -2.49. The van der Waals surface area contributed by atoms with E-state index < -0.39 is 18.4 Å². The number of benzene rings is 2. The van der Waals surface area contributed by atoms with Crippen LogP contribution in [-0.4, -0.2) is 6.10 Å². The van der Waals surface area contributed by atoms with Gasteiger partial charge in [0.15, 0.2) is 0 Å². The van der Waals surface area contributed by atoms with E-state index in [1.54, 1.807) is 0 Å². The summed E-state index contributed by atoms with van der Waals surface area (Å²) in [4.78, 5) is 0. The number of fused-ring (bicyclic) bond motifs is 1. The molecule has 0 spiro atoms. The zero-order valence-corrected chi connectivity index (χ0v) is 10.5. The van der Waals surface area contributed by atoms with Gasteiger partial charge in [0.2, 0.25) is 0 Å². The summed E-state index contributed by atoms with van der Waals surface area (Å²) in [5.74, 6) is 0. The topological polar surface area (TPSA) is 9.23 Å². The van der Waals surface area contributed by atoms with Crippen molar-refractivity contribution >= 4 is 0 Å². The van der Waals surface area contributed by atoms with E-state index >= 15 is 0 Å². The van der Waals surface area contributed by atoms with Crippen molar-refractivity contribution in [3.05, 3.63) is 83.4 Å². The van der Waals surface area contributed by atoms with E-state index in [1.165, 1.54) is 0 Å². The van der Waals surface area contributed by atoms with Gasteiger partial charge in [-0.1, -0.05) is 66.7 Å². The highest BCUT2D eigenvalue weighted by molar-refractivity contribution is 5.52. The van der Waals surface area contributed by atoms with E-state index in [2.05, 4.69) is 24.3 Å². The minimum absolute atomic E-state index is 0.243. The quantitative estimate of drug-likeness (QED) is 0.731. The van der Waals surface area contributed by atoms with Gasteiger partial charge in [-0.15, -0.1) is 0 Å². The Morgan fingerprint density at radius 3 is 2.05 bits per heavy atom. The molecule has 0 unspecified atom stereocenters. The molecule has 1 heteroatoms. The first-order chi connectivity index (χ1) is 10.2. The van der Waals surface area contributed by atoms with Gasteiger partial charge in [-0.05, 0) is 29.5 Å². The lowest BCUT2D eigenvalue weighted by atomic mass is 9.74. The average molecular weight is 250 g/mol. The Balaban J connectivity index is 1.89. The molecule has 1 saturated heterocycles. The van der Waals surface area contributed by atoms with Crippen molar-refractivity contribution in [2.75, 3.05) is 0 Å². The molecule has 1 nitrogen and oxygen atoms in total. The number of hydrogen-bond donors (Lipinski definition) is 0. The van der Waals surface area contributed by atoms with E-state index in [1.807, 2.05) is 42.5 Å². The van der Waals surface area contributed by atoms with Gasteiger partial charge in [0.1, 0.15) is 5.60 Å². The third-order valence-corrected chi connectivity index (χ3v) is 3.94. The third kappa shape index (κ3) is 1.45. The highest BCUT2D eigenvalue weighted by atomic mass is 16.5. The first-order valence-corrected chi connectivity index (χ1v) is 6.59. The molecule has 0 amide bonds. The second-order valence-corrected chi connectivity index (χ2v) is 4.96. The molecule has 2 aliphatic rings. The van der Waals surface area contributed by atoms with Gasteiger partial charge < -0.3 is 4.74 Å². The van der Waals surface area contributed by atoms with Crippen molar-refractivity contribution in [3.63, 3.8) is 0 Å². The highest BCUT2D eigenvalue weighted by Crippen LogP contribution is 2.55. The lowest BCUT2D eigenvalue weighted by Crippen LogP contribution is -2.50. The van der Waals surface area contributed by atoms with Gasteiger partial charge in [-0.25, -0.2) is 0 Å². The SMILES string of the molecule is [2H][C@@H]1[C@@H]2OC(c3ccccc3)(c3ccccc3)C2=C[C@@H]1[2H]. The van der Waals surface area contributed by atoms with E-state index in [0.29, 0.717) is 0 Å². The molecule has 1 heterocycles. The van der Waals surface area contributed by atoms with Crippen LogP contribution in [0.3, 0.4) is 0 Å². The Labute approximate surface area is 116 Å². The minimum Gasteiger partial charge on any atom is -0.353 e. The van der Waals surface area contributed by atoms with Crippen molar-refractivity contribution in [1.29, 1.82) is 0 Å². The molecule has 1 aliphatic heterocycles. The second-order valence-electron chi connectivity index (χ2n) is 4.96. The molecule has 19 heavy (non-hydrogen) atoms. The van der Waals surface area contributed by atoms with Gasteiger partial charge in [0, 0.05) is 2.74 Å². The maximum absolute atomic E-state index is 8.06.